The summed E-state index contributed by atoms with van der Waals surface area (Å²) < 4.78 is 11.1. The van der Waals surface area contributed by atoms with Crippen molar-refractivity contribution in [3.63, 3.8) is 0 Å². The molecule has 0 saturated heterocycles. The molecule has 0 amide bonds. The molecular weight excluding hydrogens is 250 g/mol. The van der Waals surface area contributed by atoms with Gasteiger partial charge < -0.3 is 14.8 Å². The molecule has 20 heavy (non-hydrogen) atoms. The summed E-state index contributed by atoms with van der Waals surface area (Å²) in [7, 11) is 1.71. The predicted molar refractivity (Wildman–Crippen MR) is 80.4 cm³/mol. The molecule has 0 bridgehead atoms. The quantitative estimate of drug-likeness (QED) is 0.891. The molecule has 0 spiro atoms. The van der Waals surface area contributed by atoms with Crippen molar-refractivity contribution in [3.05, 3.63) is 23.8 Å². The number of rotatable bonds is 5. The van der Waals surface area contributed by atoms with Crippen LogP contribution < -0.4 is 14.8 Å². The maximum atomic E-state index is 5.75. The van der Waals surface area contributed by atoms with Crippen molar-refractivity contribution in [1.29, 1.82) is 0 Å². The van der Waals surface area contributed by atoms with Gasteiger partial charge in [-0.05, 0) is 42.4 Å². The van der Waals surface area contributed by atoms with Gasteiger partial charge in [0, 0.05) is 24.6 Å². The Morgan fingerprint density at radius 3 is 2.85 bits per heavy atom. The Labute approximate surface area is 121 Å². The van der Waals surface area contributed by atoms with Crippen molar-refractivity contribution in [2.45, 2.75) is 39.2 Å². The van der Waals surface area contributed by atoms with Gasteiger partial charge in [0.25, 0.3) is 0 Å². The third kappa shape index (κ3) is 2.51. The molecule has 1 N–H and O–H groups in total. The first-order chi connectivity index (χ1) is 9.64. The molecule has 1 aromatic carbocycles. The van der Waals surface area contributed by atoms with Gasteiger partial charge in [0.2, 0.25) is 0 Å². The lowest BCUT2D eigenvalue weighted by Crippen LogP contribution is -2.33. The van der Waals surface area contributed by atoms with Gasteiger partial charge in [-0.3, -0.25) is 0 Å². The van der Waals surface area contributed by atoms with Crippen LogP contribution in [0.3, 0.4) is 0 Å². The molecule has 1 unspecified atom stereocenters. The molecule has 1 aliphatic carbocycles. The maximum absolute atomic E-state index is 5.75. The topological polar surface area (TPSA) is 30.5 Å². The zero-order chi connectivity index (χ0) is 14.2. The van der Waals surface area contributed by atoms with Gasteiger partial charge >= 0.3 is 0 Å². The molecule has 3 heteroatoms. The summed E-state index contributed by atoms with van der Waals surface area (Å²) in [5, 5.41) is 3.78. The molecule has 1 fully saturated rings. The van der Waals surface area contributed by atoms with Gasteiger partial charge in [-0.2, -0.15) is 0 Å². The van der Waals surface area contributed by atoms with Crippen molar-refractivity contribution in [2.24, 2.45) is 11.3 Å². The van der Waals surface area contributed by atoms with Crippen molar-refractivity contribution in [2.75, 3.05) is 20.3 Å². The first-order valence-electron chi connectivity index (χ1n) is 7.69. The summed E-state index contributed by atoms with van der Waals surface area (Å²) in [6.45, 7) is 6.60. The average Bonchev–Trinajstić information content (AvgIpc) is 3.25. The van der Waals surface area contributed by atoms with E-state index in [9.17, 15) is 0 Å². The Hall–Kier alpha value is -1.22. The minimum atomic E-state index is 0.394. The van der Waals surface area contributed by atoms with E-state index in [4.69, 9.17) is 9.47 Å². The predicted octanol–water partition coefficient (Wildman–Crippen LogP) is 3.54. The van der Waals surface area contributed by atoms with E-state index < -0.39 is 0 Å². The fourth-order valence-electron chi connectivity index (χ4n) is 3.16. The van der Waals surface area contributed by atoms with E-state index in [-0.39, 0.29) is 0 Å². The van der Waals surface area contributed by atoms with E-state index in [0.29, 0.717) is 11.5 Å². The highest BCUT2D eigenvalue weighted by atomic mass is 16.5. The zero-order valence-electron chi connectivity index (χ0n) is 12.7. The normalized spacial score (nSPS) is 23.1. The standard InChI is InChI=1S/C17H25NO2/c1-12(2)17(7-8-17)11-18-15-6-9-20-16-5-4-13(19-3)10-14(15)16/h4-5,10,12,15,18H,6-9,11H2,1-3H3. The SMILES string of the molecule is COc1ccc2c(c1)C(NCC1(C(C)C)CC1)CCO2. The van der Waals surface area contributed by atoms with E-state index in [1.807, 2.05) is 12.1 Å². The van der Waals surface area contributed by atoms with E-state index in [1.165, 1.54) is 18.4 Å². The largest absolute Gasteiger partial charge is 0.497 e. The monoisotopic (exact) mass is 275 g/mol. The number of fused-ring (bicyclic) bond motifs is 1. The van der Waals surface area contributed by atoms with E-state index in [0.717, 1.165) is 37.0 Å². The van der Waals surface area contributed by atoms with Crippen molar-refractivity contribution in [3.8, 4) is 11.5 Å². The number of ether oxygens (including phenoxy) is 2. The minimum absolute atomic E-state index is 0.394. The van der Waals surface area contributed by atoms with Crippen LogP contribution in [0, 0.1) is 11.3 Å². The number of methoxy groups -OCH3 is 1. The van der Waals surface area contributed by atoms with Gasteiger partial charge in [0.1, 0.15) is 11.5 Å². The third-order valence-electron chi connectivity index (χ3n) is 5.07. The second-order valence-corrected chi connectivity index (χ2v) is 6.49. The summed E-state index contributed by atoms with van der Waals surface area (Å²) in [5.74, 6) is 2.68. The molecule has 1 heterocycles. The van der Waals surface area contributed by atoms with Crippen LogP contribution in [0.1, 0.15) is 44.7 Å². The first kappa shape index (κ1) is 13.7. The van der Waals surface area contributed by atoms with Gasteiger partial charge in [-0.15, -0.1) is 0 Å². The summed E-state index contributed by atoms with van der Waals surface area (Å²) in [4.78, 5) is 0. The Bertz CT molecular complexity index is 480. The minimum Gasteiger partial charge on any atom is -0.497 e. The average molecular weight is 275 g/mol. The molecule has 1 aromatic rings. The van der Waals surface area contributed by atoms with Crippen molar-refractivity contribution >= 4 is 0 Å². The van der Waals surface area contributed by atoms with Crippen LogP contribution in [0.15, 0.2) is 18.2 Å². The fourth-order valence-corrected chi connectivity index (χ4v) is 3.16. The molecule has 110 valence electrons. The lowest BCUT2D eigenvalue weighted by Gasteiger charge is -2.30. The summed E-state index contributed by atoms with van der Waals surface area (Å²) in [6.07, 6.45) is 3.77. The second-order valence-electron chi connectivity index (χ2n) is 6.49. The van der Waals surface area contributed by atoms with Crippen LogP contribution in [-0.4, -0.2) is 20.3 Å². The highest BCUT2D eigenvalue weighted by molar-refractivity contribution is 5.43. The Kier molecular flexibility index (Phi) is 3.63. The van der Waals surface area contributed by atoms with E-state index in [2.05, 4.69) is 25.2 Å². The molecule has 0 aromatic heterocycles. The zero-order valence-corrected chi connectivity index (χ0v) is 12.7. The van der Waals surface area contributed by atoms with Crippen LogP contribution in [0.5, 0.6) is 11.5 Å². The maximum Gasteiger partial charge on any atom is 0.124 e. The van der Waals surface area contributed by atoms with Gasteiger partial charge in [-0.1, -0.05) is 13.8 Å². The number of nitrogens with one attached hydrogen (secondary N) is 1. The van der Waals surface area contributed by atoms with Crippen LogP contribution in [0.4, 0.5) is 0 Å². The molecule has 3 nitrogen and oxygen atoms in total. The van der Waals surface area contributed by atoms with Crippen LogP contribution in [-0.2, 0) is 0 Å². The smallest absolute Gasteiger partial charge is 0.124 e. The number of hydrogen-bond donors (Lipinski definition) is 1. The van der Waals surface area contributed by atoms with E-state index in [1.54, 1.807) is 7.11 Å². The third-order valence-corrected chi connectivity index (χ3v) is 5.07. The van der Waals surface area contributed by atoms with Crippen molar-refractivity contribution in [1.82, 2.24) is 5.32 Å². The molecule has 1 aliphatic heterocycles. The van der Waals surface area contributed by atoms with E-state index >= 15 is 0 Å². The van der Waals surface area contributed by atoms with Gasteiger partial charge in [0.05, 0.1) is 13.7 Å². The fraction of sp³-hybridized carbons (Fsp3) is 0.647. The molecule has 1 saturated carbocycles. The summed E-state index contributed by atoms with van der Waals surface area (Å²) in [6, 6.07) is 6.50. The number of benzene rings is 1. The lowest BCUT2D eigenvalue weighted by atomic mass is 9.91. The Morgan fingerprint density at radius 2 is 2.20 bits per heavy atom. The highest BCUT2D eigenvalue weighted by Gasteiger charge is 2.45. The number of hydrogen-bond acceptors (Lipinski definition) is 3. The lowest BCUT2D eigenvalue weighted by molar-refractivity contribution is 0.237. The summed E-state index contributed by atoms with van der Waals surface area (Å²) in [5.41, 5.74) is 1.78. The molecular formula is C17H25NO2. The van der Waals surface area contributed by atoms with Gasteiger partial charge in [-0.25, -0.2) is 0 Å². The van der Waals surface area contributed by atoms with Crippen LogP contribution in [0.2, 0.25) is 0 Å². The summed E-state index contributed by atoms with van der Waals surface area (Å²) >= 11 is 0. The molecule has 1 atom stereocenters. The van der Waals surface area contributed by atoms with Crippen LogP contribution >= 0.6 is 0 Å². The second kappa shape index (κ2) is 5.28. The molecule has 0 radical (unpaired) electrons. The highest BCUT2D eigenvalue weighted by Crippen LogP contribution is 2.51. The van der Waals surface area contributed by atoms with Crippen molar-refractivity contribution < 1.29 is 9.47 Å². The van der Waals surface area contributed by atoms with Crippen LogP contribution in [0.25, 0.3) is 0 Å². The first-order valence-corrected chi connectivity index (χ1v) is 7.69. The molecule has 3 rings (SSSR count). The Balaban J connectivity index is 1.73. The molecule has 2 aliphatic rings. The van der Waals surface area contributed by atoms with Gasteiger partial charge in [0.15, 0.2) is 0 Å². The Morgan fingerprint density at radius 1 is 1.40 bits per heavy atom.